The largest absolute Gasteiger partial charge is 0.342 e. The highest BCUT2D eigenvalue weighted by Gasteiger charge is 2.44. The summed E-state index contributed by atoms with van der Waals surface area (Å²) >= 11 is 0. The second-order valence-corrected chi connectivity index (χ2v) is 9.29. The summed E-state index contributed by atoms with van der Waals surface area (Å²) < 4.78 is 0. The van der Waals surface area contributed by atoms with E-state index in [9.17, 15) is 9.59 Å². The van der Waals surface area contributed by atoms with Crippen LogP contribution in [0.4, 0.5) is 4.79 Å². The van der Waals surface area contributed by atoms with Crippen molar-refractivity contribution in [3.8, 4) is 0 Å². The lowest BCUT2D eigenvalue weighted by Crippen LogP contribution is -2.53. The van der Waals surface area contributed by atoms with Crippen molar-refractivity contribution in [1.29, 1.82) is 0 Å². The number of hydrogen-bond donors (Lipinski definition) is 1. The second kappa shape index (κ2) is 6.81. The predicted octanol–water partition coefficient (Wildman–Crippen LogP) is 2.85. The van der Waals surface area contributed by atoms with Crippen LogP contribution < -0.4 is 5.32 Å². The molecule has 0 aromatic carbocycles. The summed E-state index contributed by atoms with van der Waals surface area (Å²) in [4.78, 5) is 29.2. The minimum atomic E-state index is 0.0639. The van der Waals surface area contributed by atoms with Gasteiger partial charge in [0.1, 0.15) is 0 Å². The maximum atomic E-state index is 12.9. The van der Waals surface area contributed by atoms with Crippen LogP contribution in [0.5, 0.6) is 0 Å². The van der Waals surface area contributed by atoms with Crippen molar-refractivity contribution >= 4 is 11.9 Å². The van der Waals surface area contributed by atoms with E-state index in [0.29, 0.717) is 6.04 Å². The van der Waals surface area contributed by atoms with Crippen LogP contribution in [0, 0.1) is 23.7 Å². The molecule has 4 bridgehead atoms. The number of carbonyl (C=O) groups excluding carboxylic acids is 2. The lowest BCUT2D eigenvalue weighted by Gasteiger charge is -2.39. The fourth-order valence-corrected chi connectivity index (χ4v) is 5.90. The molecular weight excluding hydrogens is 314 g/mol. The van der Waals surface area contributed by atoms with Crippen LogP contribution in [0.2, 0.25) is 0 Å². The van der Waals surface area contributed by atoms with E-state index in [1.807, 2.05) is 18.7 Å². The molecule has 3 aliphatic heterocycles. The van der Waals surface area contributed by atoms with E-state index < -0.39 is 0 Å². The molecule has 0 radical (unpaired) electrons. The summed E-state index contributed by atoms with van der Waals surface area (Å²) in [6.45, 7) is 6.43. The molecule has 3 heterocycles. The molecule has 0 aromatic heterocycles. The van der Waals surface area contributed by atoms with Gasteiger partial charge < -0.3 is 15.1 Å². The third-order valence-electron chi connectivity index (χ3n) is 7.00. The van der Waals surface area contributed by atoms with Gasteiger partial charge in [0, 0.05) is 37.6 Å². The first-order chi connectivity index (χ1) is 12.0. The first-order valence-electron chi connectivity index (χ1n) is 10.4. The molecule has 5 heteroatoms. The van der Waals surface area contributed by atoms with Gasteiger partial charge in [-0.05, 0) is 62.7 Å². The van der Waals surface area contributed by atoms with Crippen molar-refractivity contribution in [2.24, 2.45) is 23.7 Å². The molecule has 0 spiro atoms. The molecule has 2 atom stereocenters. The quantitative estimate of drug-likeness (QED) is 0.835. The molecule has 2 aliphatic carbocycles. The Bertz CT molecular complexity index is 513. The summed E-state index contributed by atoms with van der Waals surface area (Å²) in [5.41, 5.74) is 0. The van der Waals surface area contributed by atoms with Gasteiger partial charge in [-0.25, -0.2) is 4.79 Å². The van der Waals surface area contributed by atoms with E-state index in [1.54, 1.807) is 0 Å². The van der Waals surface area contributed by atoms with Gasteiger partial charge in [-0.15, -0.1) is 0 Å². The number of amides is 3. The molecule has 5 nitrogen and oxygen atoms in total. The number of rotatable bonds is 2. The maximum Gasteiger partial charge on any atom is 0.317 e. The third-order valence-corrected chi connectivity index (χ3v) is 7.00. The van der Waals surface area contributed by atoms with E-state index in [4.69, 9.17) is 0 Å². The van der Waals surface area contributed by atoms with Gasteiger partial charge in [0.05, 0.1) is 0 Å². The van der Waals surface area contributed by atoms with E-state index in [-0.39, 0.29) is 23.9 Å². The van der Waals surface area contributed by atoms with Crippen LogP contribution in [-0.4, -0.2) is 53.5 Å². The second-order valence-electron chi connectivity index (χ2n) is 9.29. The molecule has 5 aliphatic rings. The molecule has 5 rings (SSSR count). The first kappa shape index (κ1) is 17.2. The van der Waals surface area contributed by atoms with Gasteiger partial charge in [0.25, 0.3) is 0 Å². The van der Waals surface area contributed by atoms with Crippen LogP contribution in [0.1, 0.15) is 58.8 Å². The highest BCUT2D eigenvalue weighted by molar-refractivity contribution is 5.78. The fraction of sp³-hybridized carbons (Fsp3) is 0.900. The highest BCUT2D eigenvalue weighted by atomic mass is 16.2. The zero-order valence-electron chi connectivity index (χ0n) is 15.7. The van der Waals surface area contributed by atoms with E-state index >= 15 is 0 Å². The SMILES string of the molecule is CC(C)C(=O)N1CCC(NC(=O)N2CC3CC4CC(C3)CC2C4)CC1. The minimum Gasteiger partial charge on any atom is -0.342 e. The van der Waals surface area contributed by atoms with Crippen LogP contribution in [-0.2, 0) is 4.79 Å². The normalized spacial score (nSPS) is 35.2. The number of urea groups is 1. The molecule has 5 fully saturated rings. The Hall–Kier alpha value is -1.26. The molecule has 2 saturated carbocycles. The number of nitrogens with one attached hydrogen (secondary N) is 1. The number of likely N-dealkylation sites (tertiary alicyclic amines) is 1. The van der Waals surface area contributed by atoms with E-state index in [2.05, 4.69) is 10.2 Å². The van der Waals surface area contributed by atoms with Crippen LogP contribution in [0.25, 0.3) is 0 Å². The summed E-state index contributed by atoms with van der Waals surface area (Å²) in [5, 5.41) is 3.30. The van der Waals surface area contributed by atoms with Crippen LogP contribution >= 0.6 is 0 Å². The number of fused-ring (bicyclic) bond motifs is 1. The van der Waals surface area contributed by atoms with Gasteiger partial charge in [0.15, 0.2) is 0 Å². The molecule has 3 amide bonds. The lowest BCUT2D eigenvalue weighted by atomic mass is 9.68. The lowest BCUT2D eigenvalue weighted by molar-refractivity contribution is -0.135. The van der Waals surface area contributed by atoms with Crippen molar-refractivity contribution in [3.05, 3.63) is 0 Å². The van der Waals surface area contributed by atoms with Gasteiger partial charge in [-0.3, -0.25) is 4.79 Å². The molecular formula is C20H33N3O2. The summed E-state index contributed by atoms with van der Waals surface area (Å²) in [5.74, 6) is 2.77. The number of nitrogens with zero attached hydrogens (tertiary/aromatic N) is 2. The van der Waals surface area contributed by atoms with Crippen molar-refractivity contribution < 1.29 is 9.59 Å². The van der Waals surface area contributed by atoms with Crippen molar-refractivity contribution in [2.45, 2.75) is 70.9 Å². The van der Waals surface area contributed by atoms with Crippen molar-refractivity contribution in [2.75, 3.05) is 19.6 Å². The Morgan fingerprint density at radius 1 is 0.920 bits per heavy atom. The predicted molar refractivity (Wildman–Crippen MR) is 97.0 cm³/mol. The van der Waals surface area contributed by atoms with Gasteiger partial charge in [-0.1, -0.05) is 13.8 Å². The minimum absolute atomic E-state index is 0.0639. The van der Waals surface area contributed by atoms with E-state index in [1.165, 1.54) is 32.1 Å². The smallest absolute Gasteiger partial charge is 0.317 e. The van der Waals surface area contributed by atoms with Crippen LogP contribution in [0.15, 0.2) is 0 Å². The van der Waals surface area contributed by atoms with Gasteiger partial charge in [-0.2, -0.15) is 0 Å². The number of hydrogen-bond acceptors (Lipinski definition) is 2. The molecule has 0 aromatic rings. The Kier molecular flexibility index (Phi) is 4.67. The zero-order chi connectivity index (χ0) is 17.6. The number of carbonyl (C=O) groups is 2. The van der Waals surface area contributed by atoms with Crippen LogP contribution in [0.3, 0.4) is 0 Å². The molecule has 2 unspecified atom stereocenters. The molecule has 25 heavy (non-hydrogen) atoms. The Morgan fingerprint density at radius 3 is 2.12 bits per heavy atom. The number of piperidine rings is 1. The summed E-state index contributed by atoms with van der Waals surface area (Å²) in [6.07, 6.45) is 8.31. The summed E-state index contributed by atoms with van der Waals surface area (Å²) in [7, 11) is 0. The third kappa shape index (κ3) is 3.52. The zero-order valence-corrected chi connectivity index (χ0v) is 15.7. The molecule has 1 N–H and O–H groups in total. The Balaban J connectivity index is 1.32. The maximum absolute atomic E-state index is 12.9. The Morgan fingerprint density at radius 2 is 1.52 bits per heavy atom. The average molecular weight is 348 g/mol. The van der Waals surface area contributed by atoms with Crippen molar-refractivity contribution in [3.63, 3.8) is 0 Å². The van der Waals surface area contributed by atoms with Crippen molar-refractivity contribution in [1.82, 2.24) is 15.1 Å². The van der Waals surface area contributed by atoms with Gasteiger partial charge >= 0.3 is 6.03 Å². The van der Waals surface area contributed by atoms with Gasteiger partial charge in [0.2, 0.25) is 5.91 Å². The summed E-state index contributed by atoms with van der Waals surface area (Å²) in [6, 6.07) is 0.854. The molecule has 3 saturated heterocycles. The monoisotopic (exact) mass is 347 g/mol. The average Bonchev–Trinajstić information content (AvgIpc) is 2.78. The van der Waals surface area contributed by atoms with E-state index in [0.717, 1.165) is 50.2 Å². The topological polar surface area (TPSA) is 52.7 Å². The standard InChI is InChI=1S/C20H33N3O2/c1-13(2)19(24)22-5-3-17(4-6-22)21-20(25)23-12-16-8-14-7-15(9-16)11-18(23)10-14/h13-18H,3-12H2,1-2H3,(H,21,25). The Labute approximate surface area is 151 Å². The highest BCUT2D eigenvalue weighted by Crippen LogP contribution is 2.47. The molecule has 140 valence electrons. The fourth-order valence-electron chi connectivity index (χ4n) is 5.90. The first-order valence-corrected chi connectivity index (χ1v) is 10.4.